The number of imidazole rings is 2. The molecule has 0 spiro atoms. The summed E-state index contributed by atoms with van der Waals surface area (Å²) in [6.45, 7) is 0.0514. The summed E-state index contributed by atoms with van der Waals surface area (Å²) in [5.74, 6) is 2.97. The van der Waals surface area contributed by atoms with Crippen molar-refractivity contribution in [3.8, 4) is 35.1 Å². The van der Waals surface area contributed by atoms with Gasteiger partial charge in [0, 0.05) is 18.8 Å². The number of aryl methyl sites for hydroxylation is 1. The predicted octanol–water partition coefficient (Wildman–Crippen LogP) is 0.987. The van der Waals surface area contributed by atoms with Gasteiger partial charge < -0.3 is 4.57 Å². The van der Waals surface area contributed by atoms with E-state index in [1.807, 2.05) is 48.1 Å². The van der Waals surface area contributed by atoms with Gasteiger partial charge in [0.05, 0.1) is 5.69 Å². The first-order valence-corrected chi connectivity index (χ1v) is 7.52. The van der Waals surface area contributed by atoms with Crippen molar-refractivity contribution in [2.24, 2.45) is 7.05 Å². The zero-order valence-corrected chi connectivity index (χ0v) is 13.4. The Morgan fingerprint density at radius 3 is 2.80 bits per heavy atom. The molecule has 0 unspecified atom stereocenters. The Labute approximate surface area is 142 Å². The Kier molecular flexibility index (Phi) is 3.40. The van der Waals surface area contributed by atoms with E-state index in [1.54, 1.807) is 0 Å². The molecule has 3 heterocycles. The normalized spacial score (nSPS) is 10.9. The predicted molar refractivity (Wildman–Crippen MR) is 91.5 cm³/mol. The molecule has 0 aliphatic carbocycles. The van der Waals surface area contributed by atoms with Gasteiger partial charge in [0.15, 0.2) is 17.2 Å². The van der Waals surface area contributed by atoms with Crippen molar-refractivity contribution in [2.45, 2.75) is 6.54 Å². The van der Waals surface area contributed by atoms with Crippen LogP contribution in [0.2, 0.25) is 0 Å². The molecule has 0 saturated heterocycles. The topological polar surface area (TPSA) is 82.9 Å². The SMILES string of the molecule is C#CCn1nnc2c(-c3nc(-c4ccccc4)cn3C)ncn2c1=O. The Hall–Kier alpha value is -3.73. The Balaban J connectivity index is 1.86. The fourth-order valence-corrected chi connectivity index (χ4v) is 2.61. The van der Waals surface area contributed by atoms with Gasteiger partial charge in [-0.25, -0.2) is 19.2 Å². The largest absolute Gasteiger partial charge is 0.353 e. The lowest BCUT2D eigenvalue weighted by Gasteiger charge is -2.00. The summed E-state index contributed by atoms with van der Waals surface area (Å²) in [4.78, 5) is 21.3. The van der Waals surface area contributed by atoms with Crippen LogP contribution < -0.4 is 5.69 Å². The van der Waals surface area contributed by atoms with Gasteiger partial charge in [-0.05, 0) is 0 Å². The Bertz CT molecular complexity index is 1160. The average molecular weight is 331 g/mol. The molecule has 0 bridgehead atoms. The van der Waals surface area contributed by atoms with Crippen LogP contribution in [0.4, 0.5) is 0 Å². The minimum Gasteiger partial charge on any atom is -0.332 e. The van der Waals surface area contributed by atoms with Crippen molar-refractivity contribution < 1.29 is 0 Å². The van der Waals surface area contributed by atoms with Crippen LogP contribution in [0.3, 0.4) is 0 Å². The van der Waals surface area contributed by atoms with Crippen LogP contribution in [-0.2, 0) is 13.6 Å². The molecule has 8 nitrogen and oxygen atoms in total. The molecule has 4 aromatic rings. The van der Waals surface area contributed by atoms with E-state index in [1.165, 1.54) is 10.7 Å². The molecule has 0 amide bonds. The molecule has 8 heteroatoms. The summed E-state index contributed by atoms with van der Waals surface area (Å²) in [6, 6.07) is 9.82. The maximum absolute atomic E-state index is 12.3. The molecular weight excluding hydrogens is 318 g/mol. The van der Waals surface area contributed by atoms with Crippen molar-refractivity contribution in [2.75, 3.05) is 0 Å². The smallest absolute Gasteiger partial charge is 0.332 e. The maximum Gasteiger partial charge on any atom is 0.353 e. The third kappa shape index (κ3) is 2.38. The molecule has 122 valence electrons. The number of rotatable bonds is 3. The summed E-state index contributed by atoms with van der Waals surface area (Å²) < 4.78 is 4.27. The second-order valence-electron chi connectivity index (χ2n) is 5.45. The second kappa shape index (κ2) is 5.72. The van der Waals surface area contributed by atoms with Crippen LogP contribution in [0.1, 0.15) is 0 Å². The van der Waals surface area contributed by atoms with Gasteiger partial charge in [-0.2, -0.15) is 4.68 Å². The van der Waals surface area contributed by atoms with Gasteiger partial charge in [0.1, 0.15) is 12.9 Å². The fourth-order valence-electron chi connectivity index (χ4n) is 2.61. The van der Waals surface area contributed by atoms with Gasteiger partial charge in [0.2, 0.25) is 0 Å². The number of terminal acetylenes is 1. The van der Waals surface area contributed by atoms with E-state index in [-0.39, 0.29) is 12.2 Å². The van der Waals surface area contributed by atoms with Crippen LogP contribution in [-0.4, -0.2) is 33.9 Å². The van der Waals surface area contributed by atoms with Gasteiger partial charge in [0.25, 0.3) is 0 Å². The highest BCUT2D eigenvalue weighted by atomic mass is 16.2. The van der Waals surface area contributed by atoms with Crippen LogP contribution in [0, 0.1) is 12.3 Å². The van der Waals surface area contributed by atoms with Gasteiger partial charge in [-0.3, -0.25) is 0 Å². The van der Waals surface area contributed by atoms with Crippen LogP contribution in [0.25, 0.3) is 28.4 Å². The van der Waals surface area contributed by atoms with E-state index in [0.717, 1.165) is 15.9 Å². The lowest BCUT2D eigenvalue weighted by atomic mass is 10.2. The van der Waals surface area contributed by atoms with Crippen molar-refractivity contribution in [3.05, 3.63) is 53.3 Å². The summed E-state index contributed by atoms with van der Waals surface area (Å²) in [6.07, 6.45) is 8.55. The molecule has 0 N–H and O–H groups in total. The fraction of sp³-hybridized carbons (Fsp3) is 0.118. The van der Waals surface area contributed by atoms with Gasteiger partial charge in [-0.1, -0.05) is 41.5 Å². The molecule has 25 heavy (non-hydrogen) atoms. The highest BCUT2D eigenvalue weighted by molar-refractivity contribution is 5.71. The van der Waals surface area contributed by atoms with E-state index in [0.29, 0.717) is 17.2 Å². The molecule has 4 rings (SSSR count). The summed E-state index contributed by atoms with van der Waals surface area (Å²) in [5, 5.41) is 7.95. The average Bonchev–Trinajstić information content (AvgIpc) is 3.22. The highest BCUT2D eigenvalue weighted by Crippen LogP contribution is 2.24. The van der Waals surface area contributed by atoms with Crippen molar-refractivity contribution in [1.29, 1.82) is 0 Å². The molecule has 3 aromatic heterocycles. The second-order valence-corrected chi connectivity index (χ2v) is 5.45. The van der Waals surface area contributed by atoms with Crippen molar-refractivity contribution >= 4 is 5.65 Å². The van der Waals surface area contributed by atoms with E-state index in [4.69, 9.17) is 6.42 Å². The van der Waals surface area contributed by atoms with E-state index < -0.39 is 0 Å². The molecule has 0 saturated carbocycles. The molecule has 0 aliphatic rings. The van der Waals surface area contributed by atoms with Gasteiger partial charge >= 0.3 is 5.69 Å². The Morgan fingerprint density at radius 1 is 1.24 bits per heavy atom. The standard InChI is InChI=1S/C17H13N7O/c1-3-9-24-17(25)23-11-18-14(16(23)20-21-24)15-19-13(10-22(15)2)12-7-5-4-6-8-12/h1,4-8,10-11H,9H2,2H3. The van der Waals surface area contributed by atoms with Crippen LogP contribution >= 0.6 is 0 Å². The third-order valence-electron chi connectivity index (χ3n) is 3.82. The molecule has 0 aliphatic heterocycles. The summed E-state index contributed by atoms with van der Waals surface area (Å²) >= 11 is 0. The molecule has 0 atom stereocenters. The maximum atomic E-state index is 12.3. The number of nitrogens with zero attached hydrogens (tertiary/aromatic N) is 7. The van der Waals surface area contributed by atoms with Gasteiger partial charge in [-0.15, -0.1) is 11.5 Å². The van der Waals surface area contributed by atoms with Crippen molar-refractivity contribution in [1.82, 2.24) is 33.9 Å². The van der Waals surface area contributed by atoms with E-state index in [2.05, 4.69) is 26.2 Å². The number of fused-ring (bicyclic) bond motifs is 1. The molecule has 0 radical (unpaired) electrons. The third-order valence-corrected chi connectivity index (χ3v) is 3.82. The minimum absolute atomic E-state index is 0.0514. The van der Waals surface area contributed by atoms with E-state index in [9.17, 15) is 4.79 Å². The van der Waals surface area contributed by atoms with Crippen molar-refractivity contribution in [3.63, 3.8) is 0 Å². The summed E-state index contributed by atoms with van der Waals surface area (Å²) in [7, 11) is 1.87. The molecule has 0 fully saturated rings. The first-order valence-electron chi connectivity index (χ1n) is 7.52. The summed E-state index contributed by atoms with van der Waals surface area (Å²) in [5.41, 5.74) is 2.25. The number of hydrogen-bond acceptors (Lipinski definition) is 5. The van der Waals surface area contributed by atoms with E-state index >= 15 is 0 Å². The Morgan fingerprint density at radius 2 is 2.04 bits per heavy atom. The molecular formula is C17H13N7O. The monoisotopic (exact) mass is 331 g/mol. The first kappa shape index (κ1) is 14.8. The number of hydrogen-bond donors (Lipinski definition) is 0. The zero-order chi connectivity index (χ0) is 17.4. The van der Waals surface area contributed by atoms with Crippen LogP contribution in [0.15, 0.2) is 47.7 Å². The number of benzene rings is 1. The highest BCUT2D eigenvalue weighted by Gasteiger charge is 2.18. The molecule has 1 aromatic carbocycles. The minimum atomic E-state index is -0.390. The zero-order valence-electron chi connectivity index (χ0n) is 13.4. The lowest BCUT2D eigenvalue weighted by molar-refractivity contribution is 0.576. The number of aromatic nitrogens is 7. The lowest BCUT2D eigenvalue weighted by Crippen LogP contribution is -2.29. The van der Waals surface area contributed by atoms with Crippen LogP contribution in [0.5, 0.6) is 0 Å². The first-order chi connectivity index (χ1) is 12.2. The quantitative estimate of drug-likeness (QED) is 0.523.